The van der Waals surface area contributed by atoms with Crippen LogP contribution in [-0.4, -0.2) is 61.6 Å². The summed E-state index contributed by atoms with van der Waals surface area (Å²) in [5.74, 6) is 2.92. The van der Waals surface area contributed by atoms with Gasteiger partial charge in [0.15, 0.2) is 0 Å². The monoisotopic (exact) mass is 229 g/mol. The Bertz CT molecular complexity index is 215. The predicted molar refractivity (Wildman–Crippen MR) is 63.1 cm³/mol. The summed E-state index contributed by atoms with van der Waals surface area (Å²) in [7, 11) is 0. The lowest BCUT2D eigenvalue weighted by molar-refractivity contribution is -0.126. The molecule has 0 bridgehead atoms. The molecule has 15 heavy (non-hydrogen) atoms. The van der Waals surface area contributed by atoms with Crippen molar-refractivity contribution in [2.45, 2.75) is 0 Å². The molecule has 0 aromatic carbocycles. The fraction of sp³-hybridized carbons (Fsp3) is 0.900. The van der Waals surface area contributed by atoms with E-state index in [4.69, 9.17) is 0 Å². The Hall–Kier alpha value is -0.260. The third-order valence-electron chi connectivity index (χ3n) is 2.98. The van der Waals surface area contributed by atoms with Crippen LogP contribution in [0.3, 0.4) is 0 Å². The van der Waals surface area contributed by atoms with E-state index in [2.05, 4.69) is 15.5 Å². The molecule has 2 aliphatic heterocycles. The van der Waals surface area contributed by atoms with Gasteiger partial charge in [-0.3, -0.25) is 9.69 Å². The van der Waals surface area contributed by atoms with Gasteiger partial charge in [0.25, 0.3) is 0 Å². The minimum absolute atomic E-state index is 0.222. The van der Waals surface area contributed by atoms with Crippen molar-refractivity contribution in [2.75, 3.05) is 50.8 Å². The fourth-order valence-electron chi connectivity index (χ4n) is 1.78. The molecule has 86 valence electrons. The smallest absolute Gasteiger partial charge is 0.225 e. The van der Waals surface area contributed by atoms with Gasteiger partial charge < -0.3 is 10.6 Å². The van der Waals surface area contributed by atoms with Crippen molar-refractivity contribution >= 4 is 17.7 Å². The first-order valence-corrected chi connectivity index (χ1v) is 6.80. The number of thioether (sulfide) groups is 1. The van der Waals surface area contributed by atoms with Crippen molar-refractivity contribution in [3.05, 3.63) is 0 Å². The van der Waals surface area contributed by atoms with E-state index in [0.29, 0.717) is 0 Å². The Kier molecular flexibility index (Phi) is 4.29. The zero-order valence-electron chi connectivity index (χ0n) is 9.00. The Balaban J connectivity index is 1.55. The summed E-state index contributed by atoms with van der Waals surface area (Å²) in [5, 5.41) is 6.11. The maximum Gasteiger partial charge on any atom is 0.225 e. The average Bonchev–Trinajstić information content (AvgIpc) is 2.16. The summed E-state index contributed by atoms with van der Waals surface area (Å²) in [5.41, 5.74) is 0. The van der Waals surface area contributed by atoms with Crippen molar-refractivity contribution < 1.29 is 4.79 Å². The molecule has 2 N–H and O–H groups in total. The largest absolute Gasteiger partial charge is 0.354 e. The average molecular weight is 229 g/mol. The normalized spacial score (nSPS) is 23.5. The van der Waals surface area contributed by atoms with E-state index in [1.807, 2.05) is 11.8 Å². The van der Waals surface area contributed by atoms with E-state index in [1.54, 1.807) is 0 Å². The summed E-state index contributed by atoms with van der Waals surface area (Å²) in [6.45, 7) is 5.86. The van der Waals surface area contributed by atoms with Gasteiger partial charge in [-0.25, -0.2) is 0 Å². The number of carbonyl (C=O) groups is 1. The summed E-state index contributed by atoms with van der Waals surface area (Å²) in [4.78, 5) is 13.9. The van der Waals surface area contributed by atoms with E-state index in [1.165, 1.54) is 24.6 Å². The van der Waals surface area contributed by atoms with Crippen LogP contribution in [0.4, 0.5) is 0 Å². The molecular formula is C10H19N3OS. The molecule has 0 atom stereocenters. The highest BCUT2D eigenvalue weighted by molar-refractivity contribution is 7.99. The number of rotatable bonds is 4. The number of hydrogen-bond acceptors (Lipinski definition) is 4. The van der Waals surface area contributed by atoms with Gasteiger partial charge in [0.1, 0.15) is 0 Å². The molecule has 2 fully saturated rings. The third-order valence-corrected chi connectivity index (χ3v) is 3.93. The van der Waals surface area contributed by atoms with Crippen LogP contribution < -0.4 is 10.6 Å². The number of hydrogen-bond donors (Lipinski definition) is 2. The lowest BCUT2D eigenvalue weighted by Gasteiger charge is -2.28. The summed E-state index contributed by atoms with van der Waals surface area (Å²) in [6, 6.07) is 0. The van der Waals surface area contributed by atoms with Crippen molar-refractivity contribution in [3.63, 3.8) is 0 Å². The van der Waals surface area contributed by atoms with Gasteiger partial charge in [0.05, 0.1) is 5.92 Å². The van der Waals surface area contributed by atoms with Crippen molar-refractivity contribution in [3.8, 4) is 0 Å². The Morgan fingerprint density at radius 1 is 1.40 bits per heavy atom. The van der Waals surface area contributed by atoms with Gasteiger partial charge in [0, 0.05) is 50.8 Å². The molecule has 1 amide bonds. The Morgan fingerprint density at radius 2 is 2.13 bits per heavy atom. The molecule has 5 heteroatoms. The SMILES string of the molecule is O=C(NCCN1CCSCC1)C1CNC1. The van der Waals surface area contributed by atoms with E-state index in [-0.39, 0.29) is 11.8 Å². The summed E-state index contributed by atoms with van der Waals surface area (Å²) >= 11 is 2.02. The molecule has 0 spiro atoms. The lowest BCUT2D eigenvalue weighted by Crippen LogP contribution is -2.51. The molecule has 2 saturated heterocycles. The quantitative estimate of drug-likeness (QED) is 0.674. The first-order valence-electron chi connectivity index (χ1n) is 5.65. The molecule has 2 aliphatic rings. The Labute approximate surface area is 95.2 Å². The molecule has 2 rings (SSSR count). The minimum Gasteiger partial charge on any atom is -0.354 e. The highest BCUT2D eigenvalue weighted by Crippen LogP contribution is 2.08. The zero-order valence-corrected chi connectivity index (χ0v) is 9.81. The molecule has 0 saturated carbocycles. The summed E-state index contributed by atoms with van der Waals surface area (Å²) in [6.07, 6.45) is 0. The molecular weight excluding hydrogens is 210 g/mol. The lowest BCUT2D eigenvalue weighted by atomic mass is 10.0. The number of amides is 1. The topological polar surface area (TPSA) is 44.4 Å². The second-order valence-electron chi connectivity index (χ2n) is 4.10. The van der Waals surface area contributed by atoms with Crippen LogP contribution in [0.25, 0.3) is 0 Å². The van der Waals surface area contributed by atoms with Crippen LogP contribution in [0, 0.1) is 5.92 Å². The highest BCUT2D eigenvalue weighted by atomic mass is 32.2. The molecule has 0 aromatic heterocycles. The number of nitrogens with zero attached hydrogens (tertiary/aromatic N) is 1. The van der Waals surface area contributed by atoms with Gasteiger partial charge >= 0.3 is 0 Å². The first kappa shape index (κ1) is 11.2. The van der Waals surface area contributed by atoms with E-state index in [9.17, 15) is 4.79 Å². The first-order chi connectivity index (χ1) is 7.36. The van der Waals surface area contributed by atoms with Gasteiger partial charge in [-0.15, -0.1) is 0 Å². The van der Waals surface area contributed by atoms with Gasteiger partial charge in [0.2, 0.25) is 5.91 Å². The van der Waals surface area contributed by atoms with Crippen LogP contribution in [-0.2, 0) is 4.79 Å². The Morgan fingerprint density at radius 3 is 2.73 bits per heavy atom. The third kappa shape index (κ3) is 3.36. The zero-order chi connectivity index (χ0) is 10.5. The fourth-order valence-corrected chi connectivity index (χ4v) is 2.76. The van der Waals surface area contributed by atoms with E-state index in [0.717, 1.165) is 26.2 Å². The second-order valence-corrected chi connectivity index (χ2v) is 5.32. The highest BCUT2D eigenvalue weighted by Gasteiger charge is 2.24. The summed E-state index contributed by atoms with van der Waals surface area (Å²) < 4.78 is 0. The van der Waals surface area contributed by atoms with Gasteiger partial charge in [-0.2, -0.15) is 11.8 Å². The molecule has 0 radical (unpaired) electrons. The van der Waals surface area contributed by atoms with Gasteiger partial charge in [-0.1, -0.05) is 0 Å². The molecule has 2 heterocycles. The standard InChI is InChI=1S/C10H19N3OS/c14-10(9-7-11-8-9)12-1-2-13-3-5-15-6-4-13/h9,11H,1-8H2,(H,12,14). The molecule has 4 nitrogen and oxygen atoms in total. The van der Waals surface area contributed by atoms with Crippen LogP contribution >= 0.6 is 11.8 Å². The molecule has 0 unspecified atom stereocenters. The molecule has 0 aliphatic carbocycles. The van der Waals surface area contributed by atoms with Crippen LogP contribution in [0.2, 0.25) is 0 Å². The minimum atomic E-state index is 0.222. The van der Waals surface area contributed by atoms with Crippen LogP contribution in [0.5, 0.6) is 0 Å². The van der Waals surface area contributed by atoms with E-state index >= 15 is 0 Å². The number of nitrogens with one attached hydrogen (secondary N) is 2. The van der Waals surface area contributed by atoms with Crippen LogP contribution in [0.1, 0.15) is 0 Å². The second kappa shape index (κ2) is 5.72. The molecule has 0 aromatic rings. The van der Waals surface area contributed by atoms with Crippen molar-refractivity contribution in [1.82, 2.24) is 15.5 Å². The maximum absolute atomic E-state index is 11.5. The maximum atomic E-state index is 11.5. The van der Waals surface area contributed by atoms with Crippen LogP contribution in [0.15, 0.2) is 0 Å². The predicted octanol–water partition coefficient (Wildman–Crippen LogP) is -0.629. The van der Waals surface area contributed by atoms with Crippen molar-refractivity contribution in [1.29, 1.82) is 0 Å². The van der Waals surface area contributed by atoms with Gasteiger partial charge in [-0.05, 0) is 0 Å². The number of carbonyl (C=O) groups excluding carboxylic acids is 1. The van der Waals surface area contributed by atoms with E-state index < -0.39 is 0 Å². The van der Waals surface area contributed by atoms with Crippen molar-refractivity contribution in [2.24, 2.45) is 5.92 Å².